The van der Waals surface area contributed by atoms with Crippen LogP contribution < -0.4 is 5.73 Å². The van der Waals surface area contributed by atoms with Gasteiger partial charge in [0.2, 0.25) is 17.7 Å². The molecule has 0 radical (unpaired) electrons. The molecular weight excluding hydrogens is 198 g/mol. The van der Waals surface area contributed by atoms with Crippen LogP contribution >= 0.6 is 0 Å². The molecule has 1 aliphatic rings. The third kappa shape index (κ3) is 2.76. The van der Waals surface area contributed by atoms with Gasteiger partial charge in [-0.05, 0) is 13.0 Å². The lowest BCUT2D eigenvalue weighted by atomic mass is 10.3. The first-order valence-electron chi connectivity index (χ1n) is 4.83. The number of hydrogen-bond acceptors (Lipinski definition) is 4. The lowest BCUT2D eigenvalue weighted by Gasteiger charge is -2.18. The molecule has 0 aromatic carbocycles. The third-order valence-corrected chi connectivity index (χ3v) is 2.36. The van der Waals surface area contributed by atoms with Crippen LogP contribution in [-0.4, -0.2) is 54.2 Å². The van der Waals surface area contributed by atoms with Crippen LogP contribution in [0.25, 0.3) is 0 Å². The highest BCUT2D eigenvalue weighted by Gasteiger charge is 2.29. The minimum atomic E-state index is -0.444. The molecule has 2 N–H and O–H groups in total. The Balaban J connectivity index is 2.70. The summed E-state index contributed by atoms with van der Waals surface area (Å²) in [6, 6.07) is 0. The molecule has 6 nitrogen and oxygen atoms in total. The van der Waals surface area contributed by atoms with Crippen molar-refractivity contribution < 1.29 is 14.4 Å². The monoisotopic (exact) mass is 213 g/mol. The van der Waals surface area contributed by atoms with E-state index >= 15 is 0 Å². The van der Waals surface area contributed by atoms with E-state index in [0.717, 1.165) is 4.90 Å². The molecule has 1 fully saturated rings. The molecule has 0 spiro atoms. The molecule has 0 aromatic rings. The van der Waals surface area contributed by atoms with Crippen molar-refractivity contribution in [3.63, 3.8) is 0 Å². The summed E-state index contributed by atoms with van der Waals surface area (Å²) < 4.78 is 0. The summed E-state index contributed by atoms with van der Waals surface area (Å²) in [6.07, 6.45) is 0.406. The van der Waals surface area contributed by atoms with Crippen LogP contribution in [0.5, 0.6) is 0 Å². The SMILES string of the molecule is CN1C(=O)CC(=O)N(CCCN)CC1=O. The standard InChI is InChI=1S/C9H15N3O3/c1-11-7(13)5-8(14)12(4-2-3-10)6-9(11)15/h2-6,10H2,1H3. The lowest BCUT2D eigenvalue weighted by Crippen LogP contribution is -2.38. The zero-order valence-electron chi connectivity index (χ0n) is 8.73. The number of nitrogens with zero attached hydrogens (tertiary/aromatic N) is 2. The summed E-state index contributed by atoms with van der Waals surface area (Å²) in [5, 5.41) is 0. The number of carbonyl (C=O) groups is 3. The van der Waals surface area contributed by atoms with Gasteiger partial charge in [-0.2, -0.15) is 0 Å². The summed E-state index contributed by atoms with van der Waals surface area (Å²) in [7, 11) is 1.39. The van der Waals surface area contributed by atoms with Crippen molar-refractivity contribution >= 4 is 17.7 Å². The Bertz CT molecular complexity index is 290. The summed E-state index contributed by atoms with van der Waals surface area (Å²) in [4.78, 5) is 36.6. The summed E-state index contributed by atoms with van der Waals surface area (Å²) >= 11 is 0. The molecule has 0 bridgehead atoms. The highest BCUT2D eigenvalue weighted by atomic mass is 16.2. The second-order valence-corrected chi connectivity index (χ2v) is 3.48. The maximum atomic E-state index is 11.5. The molecule has 1 rings (SSSR count). The van der Waals surface area contributed by atoms with Crippen LogP contribution in [0, 0.1) is 0 Å². The van der Waals surface area contributed by atoms with Gasteiger partial charge in [-0.15, -0.1) is 0 Å². The van der Waals surface area contributed by atoms with Gasteiger partial charge in [-0.3, -0.25) is 19.3 Å². The highest BCUT2D eigenvalue weighted by molar-refractivity contribution is 6.07. The van der Waals surface area contributed by atoms with E-state index in [1.807, 2.05) is 0 Å². The fourth-order valence-electron chi connectivity index (χ4n) is 1.34. The van der Waals surface area contributed by atoms with E-state index in [1.165, 1.54) is 11.9 Å². The van der Waals surface area contributed by atoms with Crippen molar-refractivity contribution in [2.75, 3.05) is 26.7 Å². The van der Waals surface area contributed by atoms with Crippen LogP contribution in [0.15, 0.2) is 0 Å². The molecule has 0 saturated carbocycles. The number of rotatable bonds is 3. The number of imide groups is 1. The molecule has 1 heterocycles. The van der Waals surface area contributed by atoms with Gasteiger partial charge < -0.3 is 10.6 Å². The molecule has 6 heteroatoms. The molecule has 0 atom stereocenters. The zero-order valence-corrected chi connectivity index (χ0v) is 8.73. The van der Waals surface area contributed by atoms with Crippen molar-refractivity contribution in [1.82, 2.24) is 9.80 Å². The topological polar surface area (TPSA) is 83.7 Å². The van der Waals surface area contributed by atoms with Crippen molar-refractivity contribution in [2.24, 2.45) is 5.73 Å². The molecule has 15 heavy (non-hydrogen) atoms. The number of hydrogen-bond donors (Lipinski definition) is 1. The molecule has 84 valence electrons. The van der Waals surface area contributed by atoms with E-state index in [1.54, 1.807) is 0 Å². The Morgan fingerprint density at radius 1 is 1.20 bits per heavy atom. The van der Waals surface area contributed by atoms with Gasteiger partial charge in [0.1, 0.15) is 13.0 Å². The van der Waals surface area contributed by atoms with E-state index in [0.29, 0.717) is 19.5 Å². The van der Waals surface area contributed by atoms with Crippen LogP contribution in [-0.2, 0) is 14.4 Å². The lowest BCUT2D eigenvalue weighted by molar-refractivity contribution is -0.141. The smallest absolute Gasteiger partial charge is 0.248 e. The average Bonchev–Trinajstić information content (AvgIpc) is 2.29. The quantitative estimate of drug-likeness (QED) is 0.459. The van der Waals surface area contributed by atoms with Gasteiger partial charge in [-0.1, -0.05) is 0 Å². The number of amides is 3. The van der Waals surface area contributed by atoms with Gasteiger partial charge in [-0.25, -0.2) is 0 Å². The maximum Gasteiger partial charge on any atom is 0.248 e. The Kier molecular flexibility index (Phi) is 3.79. The third-order valence-electron chi connectivity index (χ3n) is 2.36. The number of nitrogens with two attached hydrogens (primary N) is 1. The van der Waals surface area contributed by atoms with Crippen molar-refractivity contribution in [1.29, 1.82) is 0 Å². The van der Waals surface area contributed by atoms with E-state index in [9.17, 15) is 14.4 Å². The first-order valence-corrected chi connectivity index (χ1v) is 4.83. The van der Waals surface area contributed by atoms with E-state index in [4.69, 9.17) is 5.73 Å². The average molecular weight is 213 g/mol. The second-order valence-electron chi connectivity index (χ2n) is 3.48. The van der Waals surface area contributed by atoms with Gasteiger partial charge in [0.15, 0.2) is 0 Å². The molecule has 0 aliphatic carbocycles. The maximum absolute atomic E-state index is 11.5. The van der Waals surface area contributed by atoms with Gasteiger partial charge >= 0.3 is 0 Å². The normalized spacial score (nSPS) is 18.4. The molecule has 0 aromatic heterocycles. The first-order chi connectivity index (χ1) is 7.06. The van der Waals surface area contributed by atoms with Gasteiger partial charge in [0.05, 0.1) is 0 Å². The number of carbonyl (C=O) groups excluding carboxylic acids is 3. The Morgan fingerprint density at radius 2 is 1.87 bits per heavy atom. The summed E-state index contributed by atoms with van der Waals surface area (Å²) in [5.74, 6) is -1.09. The molecular formula is C9H15N3O3. The predicted molar refractivity (Wildman–Crippen MR) is 52.6 cm³/mol. The minimum absolute atomic E-state index is 0.0267. The van der Waals surface area contributed by atoms with Gasteiger partial charge in [0.25, 0.3) is 0 Å². The molecule has 1 saturated heterocycles. The fraction of sp³-hybridized carbons (Fsp3) is 0.667. The van der Waals surface area contributed by atoms with Crippen molar-refractivity contribution in [3.8, 4) is 0 Å². The Hall–Kier alpha value is -1.43. The minimum Gasteiger partial charge on any atom is -0.333 e. The van der Waals surface area contributed by atoms with E-state index < -0.39 is 5.91 Å². The van der Waals surface area contributed by atoms with E-state index in [-0.39, 0.29) is 24.8 Å². The summed E-state index contributed by atoms with van der Waals surface area (Å²) in [6.45, 7) is 0.866. The Labute approximate surface area is 88.0 Å². The fourth-order valence-corrected chi connectivity index (χ4v) is 1.34. The molecule has 3 amide bonds. The van der Waals surface area contributed by atoms with Crippen molar-refractivity contribution in [3.05, 3.63) is 0 Å². The van der Waals surface area contributed by atoms with Gasteiger partial charge in [0, 0.05) is 13.6 Å². The van der Waals surface area contributed by atoms with Crippen LogP contribution in [0.4, 0.5) is 0 Å². The second kappa shape index (κ2) is 4.88. The molecule has 1 aliphatic heterocycles. The van der Waals surface area contributed by atoms with Crippen LogP contribution in [0.1, 0.15) is 12.8 Å². The van der Waals surface area contributed by atoms with Crippen LogP contribution in [0.3, 0.4) is 0 Å². The number of likely N-dealkylation sites (N-methyl/N-ethyl adjacent to an activating group) is 1. The summed E-state index contributed by atoms with van der Waals surface area (Å²) in [5.41, 5.74) is 5.32. The van der Waals surface area contributed by atoms with Crippen molar-refractivity contribution in [2.45, 2.75) is 12.8 Å². The van der Waals surface area contributed by atoms with Crippen LogP contribution in [0.2, 0.25) is 0 Å². The zero-order chi connectivity index (χ0) is 11.4. The Morgan fingerprint density at radius 3 is 2.47 bits per heavy atom. The highest BCUT2D eigenvalue weighted by Crippen LogP contribution is 2.06. The predicted octanol–water partition coefficient (Wildman–Crippen LogP) is -1.45. The van der Waals surface area contributed by atoms with E-state index in [2.05, 4.69) is 0 Å². The molecule has 0 unspecified atom stereocenters. The largest absolute Gasteiger partial charge is 0.333 e. The first kappa shape index (κ1) is 11.6.